The van der Waals surface area contributed by atoms with Crippen LogP contribution in [-0.2, 0) is 4.74 Å². The Labute approximate surface area is 163 Å². The normalized spacial score (nSPS) is 10.8. The average molecular weight is 380 g/mol. The number of para-hydroxylation sites is 1. The van der Waals surface area contributed by atoms with E-state index in [1.54, 1.807) is 28.7 Å². The van der Waals surface area contributed by atoms with Crippen LogP contribution in [0.25, 0.3) is 5.52 Å². The minimum Gasteiger partial charge on any atom is -0.385 e. The molecule has 28 heavy (non-hydrogen) atoms. The maximum Gasteiger partial charge on any atom is 0.294 e. The molecule has 7 heteroatoms. The molecule has 0 spiro atoms. The summed E-state index contributed by atoms with van der Waals surface area (Å²) in [6.07, 6.45) is 2.45. The molecule has 2 aromatic heterocycles. The molecule has 1 aromatic carbocycles. The van der Waals surface area contributed by atoms with Crippen LogP contribution < -0.4 is 10.2 Å². The van der Waals surface area contributed by atoms with Crippen molar-refractivity contribution in [1.82, 2.24) is 14.7 Å². The third-order valence-electron chi connectivity index (χ3n) is 4.39. The average Bonchev–Trinajstić information content (AvgIpc) is 3.12. The molecule has 0 aliphatic heterocycles. The second kappa shape index (κ2) is 9.14. The number of nitrogens with zero attached hydrogens (tertiary/aromatic N) is 3. The molecule has 146 valence electrons. The Hall–Kier alpha value is -3.19. The first-order valence-corrected chi connectivity index (χ1v) is 9.28. The molecule has 2 heterocycles. The second-order valence-electron chi connectivity index (χ2n) is 6.23. The summed E-state index contributed by atoms with van der Waals surface area (Å²) in [5.41, 5.74) is 1.62. The first-order chi connectivity index (χ1) is 13.7. The van der Waals surface area contributed by atoms with E-state index in [0.29, 0.717) is 31.6 Å². The number of rotatable bonds is 8. The molecule has 0 bridgehead atoms. The van der Waals surface area contributed by atoms with Gasteiger partial charge in [0, 0.05) is 38.7 Å². The van der Waals surface area contributed by atoms with Crippen LogP contribution in [0.1, 0.15) is 34.5 Å². The molecule has 0 saturated carbocycles. The highest BCUT2D eigenvalue weighted by molar-refractivity contribution is 6.07. The molecule has 3 aromatic rings. The molecule has 0 radical (unpaired) electrons. The molecule has 2 amide bonds. The third kappa shape index (κ3) is 4.04. The number of hydrogen-bond acceptors (Lipinski definition) is 4. The van der Waals surface area contributed by atoms with Gasteiger partial charge in [0.25, 0.3) is 11.8 Å². The van der Waals surface area contributed by atoms with Gasteiger partial charge in [0.1, 0.15) is 0 Å². The first kappa shape index (κ1) is 19.6. The van der Waals surface area contributed by atoms with Crippen molar-refractivity contribution in [2.24, 2.45) is 0 Å². The highest BCUT2D eigenvalue weighted by Gasteiger charge is 2.25. The standard InChI is InChI=1S/C21H24N4O3/c1-3-24(16-10-5-4-6-11-16)21(27)19-23-18(17-12-7-8-14-25(17)19)20(26)22-13-9-15-28-2/h4-8,10-12,14H,3,9,13,15H2,1-2H3,(H,22,26). The van der Waals surface area contributed by atoms with Crippen molar-refractivity contribution >= 4 is 23.0 Å². The van der Waals surface area contributed by atoms with E-state index in [9.17, 15) is 9.59 Å². The lowest BCUT2D eigenvalue weighted by Gasteiger charge is -2.20. The van der Waals surface area contributed by atoms with Gasteiger partial charge in [0.05, 0.1) is 5.52 Å². The van der Waals surface area contributed by atoms with Crippen LogP contribution in [0.15, 0.2) is 54.7 Å². The Bertz CT molecular complexity index is 953. The van der Waals surface area contributed by atoms with E-state index < -0.39 is 0 Å². The van der Waals surface area contributed by atoms with Crippen LogP contribution in [0, 0.1) is 0 Å². The highest BCUT2D eigenvalue weighted by Crippen LogP contribution is 2.19. The Morgan fingerprint density at radius 3 is 2.61 bits per heavy atom. The number of anilines is 1. The maximum atomic E-state index is 13.2. The number of imidazole rings is 1. The Morgan fingerprint density at radius 1 is 1.14 bits per heavy atom. The summed E-state index contributed by atoms with van der Waals surface area (Å²) in [5, 5.41) is 2.83. The van der Waals surface area contributed by atoms with E-state index in [2.05, 4.69) is 10.3 Å². The Kier molecular flexibility index (Phi) is 6.39. The van der Waals surface area contributed by atoms with Gasteiger partial charge < -0.3 is 15.0 Å². The lowest BCUT2D eigenvalue weighted by Crippen LogP contribution is -2.32. The van der Waals surface area contributed by atoms with Crippen LogP contribution in [0.5, 0.6) is 0 Å². The number of amides is 2. The van der Waals surface area contributed by atoms with Crippen molar-refractivity contribution < 1.29 is 14.3 Å². The first-order valence-electron chi connectivity index (χ1n) is 9.28. The highest BCUT2D eigenvalue weighted by atomic mass is 16.5. The topological polar surface area (TPSA) is 75.9 Å². The smallest absolute Gasteiger partial charge is 0.294 e. The van der Waals surface area contributed by atoms with Crippen molar-refractivity contribution in [2.45, 2.75) is 13.3 Å². The number of aromatic nitrogens is 2. The van der Waals surface area contributed by atoms with Crippen molar-refractivity contribution in [2.75, 3.05) is 31.7 Å². The lowest BCUT2D eigenvalue weighted by molar-refractivity contribution is 0.0946. The van der Waals surface area contributed by atoms with Gasteiger partial charge >= 0.3 is 0 Å². The summed E-state index contributed by atoms with van der Waals surface area (Å²) in [6.45, 7) is 3.44. The van der Waals surface area contributed by atoms with E-state index >= 15 is 0 Å². The van der Waals surface area contributed by atoms with Crippen molar-refractivity contribution in [3.8, 4) is 0 Å². The molecular weight excluding hydrogens is 356 g/mol. The number of ether oxygens (including phenoxy) is 1. The summed E-state index contributed by atoms with van der Waals surface area (Å²) < 4.78 is 6.66. The number of pyridine rings is 1. The predicted molar refractivity (Wildman–Crippen MR) is 108 cm³/mol. The van der Waals surface area contributed by atoms with E-state index in [0.717, 1.165) is 5.69 Å². The lowest BCUT2D eigenvalue weighted by atomic mass is 10.3. The quantitative estimate of drug-likeness (QED) is 0.610. The summed E-state index contributed by atoms with van der Waals surface area (Å²) in [4.78, 5) is 31.9. The largest absolute Gasteiger partial charge is 0.385 e. The number of methoxy groups -OCH3 is 1. The summed E-state index contributed by atoms with van der Waals surface area (Å²) >= 11 is 0. The van der Waals surface area contributed by atoms with Gasteiger partial charge in [0.15, 0.2) is 5.69 Å². The second-order valence-corrected chi connectivity index (χ2v) is 6.23. The molecule has 0 atom stereocenters. The van der Waals surface area contributed by atoms with E-state index in [1.807, 2.05) is 49.4 Å². The number of carbonyl (C=O) groups excluding carboxylic acids is 2. The van der Waals surface area contributed by atoms with E-state index in [-0.39, 0.29) is 23.3 Å². The molecule has 0 unspecified atom stereocenters. The van der Waals surface area contributed by atoms with Crippen LogP contribution in [0.3, 0.4) is 0 Å². The third-order valence-corrected chi connectivity index (χ3v) is 4.39. The zero-order valence-electron chi connectivity index (χ0n) is 16.1. The van der Waals surface area contributed by atoms with Gasteiger partial charge in [-0.2, -0.15) is 0 Å². The van der Waals surface area contributed by atoms with Crippen molar-refractivity contribution in [1.29, 1.82) is 0 Å². The zero-order chi connectivity index (χ0) is 19.9. The van der Waals surface area contributed by atoms with Crippen LogP contribution >= 0.6 is 0 Å². The fourth-order valence-electron chi connectivity index (χ4n) is 3.03. The number of carbonyl (C=O) groups is 2. The van der Waals surface area contributed by atoms with Gasteiger partial charge in [0.2, 0.25) is 5.82 Å². The number of benzene rings is 1. The van der Waals surface area contributed by atoms with E-state index in [4.69, 9.17) is 4.74 Å². The van der Waals surface area contributed by atoms with Crippen LogP contribution in [0.4, 0.5) is 5.69 Å². The Morgan fingerprint density at radius 2 is 1.89 bits per heavy atom. The van der Waals surface area contributed by atoms with Gasteiger partial charge in [-0.25, -0.2) is 4.98 Å². The zero-order valence-corrected chi connectivity index (χ0v) is 16.1. The van der Waals surface area contributed by atoms with Gasteiger partial charge in [-0.15, -0.1) is 0 Å². The van der Waals surface area contributed by atoms with Crippen molar-refractivity contribution in [3.63, 3.8) is 0 Å². The summed E-state index contributed by atoms with van der Waals surface area (Å²) in [6, 6.07) is 14.8. The minimum absolute atomic E-state index is 0.211. The monoisotopic (exact) mass is 380 g/mol. The summed E-state index contributed by atoms with van der Waals surface area (Å²) in [5.74, 6) is -0.349. The van der Waals surface area contributed by atoms with E-state index in [1.165, 1.54) is 0 Å². The minimum atomic E-state index is -0.304. The summed E-state index contributed by atoms with van der Waals surface area (Å²) in [7, 11) is 1.62. The van der Waals surface area contributed by atoms with Crippen LogP contribution in [-0.4, -0.2) is 48.0 Å². The molecule has 7 nitrogen and oxygen atoms in total. The van der Waals surface area contributed by atoms with Gasteiger partial charge in [-0.1, -0.05) is 24.3 Å². The van der Waals surface area contributed by atoms with Crippen LogP contribution in [0.2, 0.25) is 0 Å². The molecule has 3 rings (SSSR count). The molecule has 0 aliphatic carbocycles. The predicted octanol–water partition coefficient (Wildman–Crippen LogP) is 2.77. The fraction of sp³-hybridized carbons (Fsp3) is 0.286. The van der Waals surface area contributed by atoms with Gasteiger partial charge in [-0.05, 0) is 37.6 Å². The number of fused-ring (bicyclic) bond motifs is 1. The molecular formula is C21H24N4O3. The molecule has 1 N–H and O–H groups in total. The number of nitrogens with one attached hydrogen (secondary N) is 1. The van der Waals surface area contributed by atoms with Gasteiger partial charge in [-0.3, -0.25) is 14.0 Å². The molecule has 0 fully saturated rings. The Balaban J connectivity index is 1.93. The number of hydrogen-bond donors (Lipinski definition) is 1. The maximum absolute atomic E-state index is 13.2. The van der Waals surface area contributed by atoms with Crippen molar-refractivity contribution in [3.05, 3.63) is 66.2 Å². The SMILES string of the molecule is CCN(C(=O)c1nc(C(=O)NCCCOC)c2ccccn12)c1ccccc1. The fourth-order valence-corrected chi connectivity index (χ4v) is 3.03. The molecule has 0 aliphatic rings. The molecule has 0 saturated heterocycles.